The van der Waals surface area contributed by atoms with Crippen molar-refractivity contribution in [1.82, 2.24) is 9.88 Å². The topological polar surface area (TPSA) is 51.1 Å². The molecule has 0 atom stereocenters. The van der Waals surface area contributed by atoms with Gasteiger partial charge >= 0.3 is 6.18 Å². The lowest BCUT2D eigenvalue weighted by atomic mass is 10.1. The zero-order valence-electron chi connectivity index (χ0n) is 13.3. The van der Waals surface area contributed by atoms with Gasteiger partial charge in [-0.2, -0.15) is 13.2 Å². The Morgan fingerprint density at radius 3 is 2.64 bits per heavy atom. The van der Waals surface area contributed by atoms with Crippen molar-refractivity contribution in [3.05, 3.63) is 69.6 Å². The van der Waals surface area contributed by atoms with Crippen LogP contribution in [-0.4, -0.2) is 17.0 Å². The fraction of sp³-hybridized carbons (Fsp3) is 0.333. The lowest BCUT2D eigenvalue weighted by Gasteiger charge is -2.11. The standard InChI is InChI=1S/C18H17F3N2O2/c19-18(20,21)15-6-7-16(24)23(11-15)10-13-2-1-3-14(8-13)17(25)22-9-12-4-5-12/h1-3,6-8,11-12H,4-5,9-10H2,(H,22,25). The Bertz CT molecular complexity index is 839. The third-order valence-electron chi connectivity index (χ3n) is 4.10. The molecule has 0 bridgehead atoms. The highest BCUT2D eigenvalue weighted by atomic mass is 19.4. The zero-order chi connectivity index (χ0) is 18.0. The molecule has 1 heterocycles. The molecule has 0 spiro atoms. The summed E-state index contributed by atoms with van der Waals surface area (Å²) in [6.45, 7) is 0.600. The van der Waals surface area contributed by atoms with Gasteiger partial charge in [-0.05, 0) is 42.5 Å². The highest BCUT2D eigenvalue weighted by Gasteiger charge is 2.31. The van der Waals surface area contributed by atoms with Crippen LogP contribution in [0.5, 0.6) is 0 Å². The van der Waals surface area contributed by atoms with Gasteiger partial charge in [-0.15, -0.1) is 0 Å². The number of hydrogen-bond acceptors (Lipinski definition) is 2. The van der Waals surface area contributed by atoms with E-state index in [4.69, 9.17) is 0 Å². The van der Waals surface area contributed by atoms with E-state index < -0.39 is 17.3 Å². The summed E-state index contributed by atoms with van der Waals surface area (Å²) in [5.74, 6) is 0.334. The number of carbonyl (C=O) groups is 1. The van der Waals surface area contributed by atoms with Crippen molar-refractivity contribution >= 4 is 5.91 Å². The molecule has 1 amide bonds. The molecule has 0 unspecified atom stereocenters. The summed E-state index contributed by atoms with van der Waals surface area (Å²) < 4.78 is 39.4. The Morgan fingerprint density at radius 1 is 1.20 bits per heavy atom. The molecule has 0 radical (unpaired) electrons. The van der Waals surface area contributed by atoms with Crippen LogP contribution in [0.25, 0.3) is 0 Å². The molecule has 0 saturated heterocycles. The molecule has 4 nitrogen and oxygen atoms in total. The van der Waals surface area contributed by atoms with Crippen molar-refractivity contribution in [2.75, 3.05) is 6.54 Å². The first kappa shape index (κ1) is 17.3. The van der Waals surface area contributed by atoms with Crippen molar-refractivity contribution in [2.24, 2.45) is 5.92 Å². The van der Waals surface area contributed by atoms with E-state index in [0.29, 0.717) is 23.6 Å². The first-order valence-corrected chi connectivity index (χ1v) is 7.98. The molecule has 132 valence electrons. The van der Waals surface area contributed by atoms with E-state index in [9.17, 15) is 22.8 Å². The molecule has 3 rings (SSSR count). The van der Waals surface area contributed by atoms with E-state index in [1.807, 2.05) is 0 Å². The molecule has 1 aromatic heterocycles. The van der Waals surface area contributed by atoms with Crippen molar-refractivity contribution in [3.63, 3.8) is 0 Å². The van der Waals surface area contributed by atoms with E-state index in [1.54, 1.807) is 24.3 Å². The molecule has 1 fully saturated rings. The van der Waals surface area contributed by atoms with Crippen LogP contribution < -0.4 is 10.9 Å². The smallest absolute Gasteiger partial charge is 0.352 e. The quantitative estimate of drug-likeness (QED) is 0.901. The van der Waals surface area contributed by atoms with Gasteiger partial charge in [0.05, 0.1) is 12.1 Å². The molecular weight excluding hydrogens is 333 g/mol. The predicted molar refractivity (Wildman–Crippen MR) is 86.3 cm³/mol. The van der Waals surface area contributed by atoms with Gasteiger partial charge in [0.2, 0.25) is 0 Å². The van der Waals surface area contributed by atoms with Crippen molar-refractivity contribution < 1.29 is 18.0 Å². The molecule has 25 heavy (non-hydrogen) atoms. The van der Waals surface area contributed by atoms with E-state index in [-0.39, 0.29) is 12.5 Å². The average Bonchev–Trinajstić information content (AvgIpc) is 3.38. The summed E-state index contributed by atoms with van der Waals surface area (Å²) in [6.07, 6.45) is -1.47. The lowest BCUT2D eigenvalue weighted by molar-refractivity contribution is -0.138. The highest BCUT2D eigenvalue weighted by molar-refractivity contribution is 5.94. The minimum atomic E-state index is -4.51. The maximum Gasteiger partial charge on any atom is 0.417 e. The number of nitrogens with one attached hydrogen (secondary N) is 1. The van der Waals surface area contributed by atoms with E-state index in [2.05, 4.69) is 5.32 Å². The van der Waals surface area contributed by atoms with Gasteiger partial charge in [-0.1, -0.05) is 12.1 Å². The summed E-state index contributed by atoms with van der Waals surface area (Å²) in [5, 5.41) is 2.84. The van der Waals surface area contributed by atoms with Crippen molar-refractivity contribution in [1.29, 1.82) is 0 Å². The number of rotatable bonds is 5. The van der Waals surface area contributed by atoms with E-state index in [0.717, 1.165) is 35.7 Å². The monoisotopic (exact) mass is 350 g/mol. The Hall–Kier alpha value is -2.57. The van der Waals surface area contributed by atoms with Gasteiger partial charge in [-0.3, -0.25) is 9.59 Å². The lowest BCUT2D eigenvalue weighted by Crippen LogP contribution is -2.26. The Balaban J connectivity index is 1.77. The van der Waals surface area contributed by atoms with Crippen LogP contribution in [0.3, 0.4) is 0 Å². The number of aromatic nitrogens is 1. The fourth-order valence-corrected chi connectivity index (χ4v) is 2.49. The number of pyridine rings is 1. The third-order valence-corrected chi connectivity index (χ3v) is 4.10. The maximum absolute atomic E-state index is 12.8. The van der Waals surface area contributed by atoms with Gasteiger partial charge in [0, 0.05) is 24.4 Å². The van der Waals surface area contributed by atoms with Gasteiger partial charge in [0.1, 0.15) is 0 Å². The van der Waals surface area contributed by atoms with Crippen LogP contribution in [0.2, 0.25) is 0 Å². The van der Waals surface area contributed by atoms with Crippen LogP contribution in [0, 0.1) is 5.92 Å². The van der Waals surface area contributed by atoms with Crippen LogP contribution in [0.15, 0.2) is 47.4 Å². The zero-order valence-corrected chi connectivity index (χ0v) is 13.3. The van der Waals surface area contributed by atoms with E-state index >= 15 is 0 Å². The molecule has 1 aromatic carbocycles. The van der Waals surface area contributed by atoms with Crippen LogP contribution in [0.1, 0.15) is 34.3 Å². The Labute approximate surface area is 142 Å². The van der Waals surface area contributed by atoms with Crippen molar-refractivity contribution in [2.45, 2.75) is 25.6 Å². The second-order valence-corrected chi connectivity index (χ2v) is 6.24. The van der Waals surface area contributed by atoms with Crippen LogP contribution >= 0.6 is 0 Å². The van der Waals surface area contributed by atoms with Gasteiger partial charge < -0.3 is 9.88 Å². The molecule has 2 aromatic rings. The highest BCUT2D eigenvalue weighted by Crippen LogP contribution is 2.28. The second kappa shape index (κ2) is 6.74. The predicted octanol–water partition coefficient (Wildman–Crippen LogP) is 3.06. The first-order valence-electron chi connectivity index (χ1n) is 7.98. The fourth-order valence-electron chi connectivity index (χ4n) is 2.49. The molecule has 7 heteroatoms. The molecule has 1 aliphatic rings. The summed E-state index contributed by atoms with van der Waals surface area (Å²) in [6, 6.07) is 8.22. The molecule has 1 aliphatic carbocycles. The number of carbonyl (C=O) groups excluding carboxylic acids is 1. The minimum Gasteiger partial charge on any atom is -0.352 e. The summed E-state index contributed by atoms with van der Waals surface area (Å²) in [7, 11) is 0. The number of halogens is 3. The average molecular weight is 350 g/mol. The summed E-state index contributed by atoms with van der Waals surface area (Å²) in [4.78, 5) is 23.9. The van der Waals surface area contributed by atoms with Crippen molar-refractivity contribution in [3.8, 4) is 0 Å². The van der Waals surface area contributed by atoms with Gasteiger partial charge in [0.25, 0.3) is 11.5 Å². The summed E-state index contributed by atoms with van der Waals surface area (Å²) in [5.41, 5.74) is -0.402. The Morgan fingerprint density at radius 2 is 1.96 bits per heavy atom. The number of nitrogens with zero attached hydrogens (tertiary/aromatic N) is 1. The SMILES string of the molecule is O=C(NCC1CC1)c1cccc(Cn2cc(C(F)(F)F)ccc2=O)c1. The van der Waals surface area contributed by atoms with Gasteiger partial charge in [-0.25, -0.2) is 0 Å². The maximum atomic E-state index is 12.8. The van der Waals surface area contributed by atoms with E-state index in [1.165, 1.54) is 0 Å². The summed E-state index contributed by atoms with van der Waals surface area (Å²) >= 11 is 0. The number of benzene rings is 1. The molecule has 1 N–H and O–H groups in total. The van der Waals surface area contributed by atoms with Gasteiger partial charge in [0.15, 0.2) is 0 Å². The molecular formula is C18H17F3N2O2. The van der Waals surface area contributed by atoms with Crippen LogP contribution in [-0.2, 0) is 12.7 Å². The first-order chi connectivity index (χ1) is 11.8. The van der Waals surface area contributed by atoms with Crippen LogP contribution in [0.4, 0.5) is 13.2 Å². The number of amides is 1. The molecule has 0 aliphatic heterocycles. The number of alkyl halides is 3. The third kappa shape index (κ3) is 4.49. The largest absolute Gasteiger partial charge is 0.417 e. The second-order valence-electron chi connectivity index (χ2n) is 6.24. The molecule has 1 saturated carbocycles. The normalized spacial score (nSPS) is 14.4. The minimum absolute atomic E-state index is 0.0352. The Kier molecular flexibility index (Phi) is 4.65. The number of hydrogen-bond donors (Lipinski definition) is 1.